The number of sulfonamides is 1. The fourth-order valence-corrected chi connectivity index (χ4v) is 4.14. The van der Waals surface area contributed by atoms with Gasteiger partial charge in [0, 0.05) is 20.1 Å². The number of rotatable bonds is 5. The van der Waals surface area contributed by atoms with E-state index in [0.29, 0.717) is 19.0 Å². The summed E-state index contributed by atoms with van der Waals surface area (Å²) >= 11 is 0. The van der Waals surface area contributed by atoms with E-state index >= 15 is 0 Å². The fraction of sp³-hybridized carbons (Fsp3) is 0.750. The van der Waals surface area contributed by atoms with Gasteiger partial charge in [-0.1, -0.05) is 6.92 Å². The number of aromatic nitrogens is 2. The molecule has 1 fully saturated rings. The third-order valence-corrected chi connectivity index (χ3v) is 5.61. The van der Waals surface area contributed by atoms with Gasteiger partial charge in [-0.15, -0.1) is 0 Å². The smallest absolute Gasteiger partial charge is 0.260 e. The molecule has 1 unspecified atom stereocenters. The van der Waals surface area contributed by atoms with Gasteiger partial charge in [0.1, 0.15) is 0 Å². The molecule has 1 aliphatic rings. The van der Waals surface area contributed by atoms with Gasteiger partial charge in [-0.25, -0.2) is 8.42 Å². The molecule has 0 aliphatic carbocycles. The second-order valence-electron chi connectivity index (χ2n) is 4.96. The summed E-state index contributed by atoms with van der Waals surface area (Å²) in [5, 5.41) is 7.53. The van der Waals surface area contributed by atoms with E-state index in [1.165, 1.54) is 10.9 Å². The molecule has 0 aromatic carbocycles. The molecule has 2 rings (SSSR count). The van der Waals surface area contributed by atoms with Crippen molar-refractivity contribution in [3.8, 4) is 0 Å². The zero-order valence-electron chi connectivity index (χ0n) is 11.5. The van der Waals surface area contributed by atoms with Gasteiger partial charge in [-0.05, 0) is 37.9 Å². The van der Waals surface area contributed by atoms with E-state index in [2.05, 4.69) is 10.4 Å². The molecular weight excluding hydrogens is 264 g/mol. The van der Waals surface area contributed by atoms with Crippen molar-refractivity contribution in [3.63, 3.8) is 0 Å². The van der Waals surface area contributed by atoms with E-state index in [1.54, 1.807) is 17.4 Å². The largest absolute Gasteiger partial charge is 0.316 e. The molecule has 0 spiro atoms. The molecule has 2 heterocycles. The molecule has 0 amide bonds. The first kappa shape index (κ1) is 14.5. The third-order valence-electron chi connectivity index (χ3n) is 3.59. The first-order valence-corrected chi connectivity index (χ1v) is 8.18. The summed E-state index contributed by atoms with van der Waals surface area (Å²) < 4.78 is 28.1. The molecule has 0 saturated carbocycles. The van der Waals surface area contributed by atoms with Crippen LogP contribution in [0.2, 0.25) is 0 Å². The van der Waals surface area contributed by atoms with Crippen LogP contribution in [-0.4, -0.2) is 48.7 Å². The Labute approximate surface area is 114 Å². The van der Waals surface area contributed by atoms with Gasteiger partial charge in [0.25, 0.3) is 10.0 Å². The van der Waals surface area contributed by atoms with Crippen LogP contribution in [0.5, 0.6) is 0 Å². The number of aryl methyl sites for hydroxylation is 1. The maximum absolute atomic E-state index is 12.6. The van der Waals surface area contributed by atoms with Crippen molar-refractivity contribution < 1.29 is 8.42 Å². The lowest BCUT2D eigenvalue weighted by molar-refractivity contribution is 0.296. The molecule has 1 aromatic rings. The molecule has 1 aliphatic heterocycles. The fourth-order valence-electron chi connectivity index (χ4n) is 2.51. The van der Waals surface area contributed by atoms with E-state index in [-0.39, 0.29) is 5.03 Å². The van der Waals surface area contributed by atoms with Crippen LogP contribution >= 0.6 is 0 Å². The lowest BCUT2D eigenvalue weighted by Gasteiger charge is -2.28. The van der Waals surface area contributed by atoms with Crippen molar-refractivity contribution in [1.29, 1.82) is 0 Å². The Bertz CT molecular complexity index is 506. The minimum Gasteiger partial charge on any atom is -0.316 e. The lowest BCUT2D eigenvalue weighted by atomic mass is 10.00. The molecule has 1 atom stereocenters. The highest BCUT2D eigenvalue weighted by molar-refractivity contribution is 7.89. The van der Waals surface area contributed by atoms with Crippen LogP contribution in [0.15, 0.2) is 17.3 Å². The van der Waals surface area contributed by atoms with E-state index in [1.807, 2.05) is 6.92 Å². The Morgan fingerprint density at radius 1 is 1.58 bits per heavy atom. The molecule has 6 nitrogen and oxygen atoms in total. The summed E-state index contributed by atoms with van der Waals surface area (Å²) in [7, 11) is -1.78. The van der Waals surface area contributed by atoms with Crippen molar-refractivity contribution in [2.75, 3.05) is 26.2 Å². The maximum Gasteiger partial charge on any atom is 0.260 e. The van der Waals surface area contributed by atoms with Crippen LogP contribution in [-0.2, 0) is 17.1 Å². The zero-order valence-corrected chi connectivity index (χ0v) is 12.4. The molecule has 1 aromatic heterocycles. The van der Waals surface area contributed by atoms with Gasteiger partial charge < -0.3 is 5.32 Å². The Balaban J connectivity index is 2.14. The normalized spacial score (nSPS) is 20.9. The Morgan fingerprint density at radius 2 is 2.37 bits per heavy atom. The van der Waals surface area contributed by atoms with Crippen LogP contribution in [0.3, 0.4) is 0 Å². The maximum atomic E-state index is 12.6. The minimum atomic E-state index is -3.43. The summed E-state index contributed by atoms with van der Waals surface area (Å²) in [5.74, 6) is 0.400. The number of nitrogens with one attached hydrogen (secondary N) is 1. The van der Waals surface area contributed by atoms with Gasteiger partial charge in [-0.2, -0.15) is 9.40 Å². The topological polar surface area (TPSA) is 67.2 Å². The molecule has 19 heavy (non-hydrogen) atoms. The minimum absolute atomic E-state index is 0.262. The molecular formula is C12H22N4O2S. The van der Waals surface area contributed by atoms with Gasteiger partial charge >= 0.3 is 0 Å². The Morgan fingerprint density at radius 3 is 2.89 bits per heavy atom. The molecule has 0 radical (unpaired) electrons. The molecule has 1 N–H and O–H groups in total. The lowest BCUT2D eigenvalue weighted by Crippen LogP contribution is -2.41. The molecule has 0 bridgehead atoms. The summed E-state index contributed by atoms with van der Waals surface area (Å²) in [5.41, 5.74) is 0. The summed E-state index contributed by atoms with van der Waals surface area (Å²) in [4.78, 5) is 0. The number of nitrogens with zero attached hydrogens (tertiary/aromatic N) is 3. The Hall–Kier alpha value is -0.920. The van der Waals surface area contributed by atoms with Crippen LogP contribution in [0.25, 0.3) is 0 Å². The number of hydrogen-bond acceptors (Lipinski definition) is 4. The standard InChI is InChI=1S/C12H22N4O2S/c1-3-16(10-11-5-4-7-13-9-11)19(17,18)12-6-8-14-15(12)2/h6,8,11,13H,3-5,7,9-10H2,1-2H3. The SMILES string of the molecule is CCN(CC1CCCNC1)S(=O)(=O)c1ccnn1C. The molecule has 7 heteroatoms. The van der Waals surface area contributed by atoms with Crippen LogP contribution in [0.4, 0.5) is 0 Å². The van der Waals surface area contributed by atoms with Crippen molar-refractivity contribution in [3.05, 3.63) is 12.3 Å². The van der Waals surface area contributed by atoms with Gasteiger partial charge in [-0.3, -0.25) is 4.68 Å². The highest BCUT2D eigenvalue weighted by Gasteiger charge is 2.28. The number of piperidine rings is 1. The highest BCUT2D eigenvalue weighted by atomic mass is 32.2. The van der Waals surface area contributed by atoms with Crippen LogP contribution < -0.4 is 5.32 Å². The van der Waals surface area contributed by atoms with Gasteiger partial charge in [0.2, 0.25) is 0 Å². The highest BCUT2D eigenvalue weighted by Crippen LogP contribution is 2.18. The molecule has 108 valence electrons. The van der Waals surface area contributed by atoms with Gasteiger partial charge in [0.05, 0.1) is 6.20 Å². The third kappa shape index (κ3) is 3.16. The molecule has 1 saturated heterocycles. The average molecular weight is 286 g/mol. The van der Waals surface area contributed by atoms with Crippen molar-refractivity contribution in [2.45, 2.75) is 24.8 Å². The quantitative estimate of drug-likeness (QED) is 0.852. The first-order chi connectivity index (χ1) is 9.05. The summed E-state index contributed by atoms with van der Waals surface area (Å²) in [6.07, 6.45) is 3.72. The monoisotopic (exact) mass is 286 g/mol. The second kappa shape index (κ2) is 6.02. The summed E-state index contributed by atoms with van der Waals surface area (Å²) in [6, 6.07) is 1.55. The van der Waals surface area contributed by atoms with Gasteiger partial charge in [0.15, 0.2) is 5.03 Å². The van der Waals surface area contributed by atoms with E-state index in [9.17, 15) is 8.42 Å². The van der Waals surface area contributed by atoms with E-state index in [4.69, 9.17) is 0 Å². The Kier molecular flexibility index (Phi) is 4.59. The van der Waals surface area contributed by atoms with E-state index in [0.717, 1.165) is 25.9 Å². The predicted octanol–water partition coefficient (Wildman–Crippen LogP) is 0.430. The van der Waals surface area contributed by atoms with Crippen molar-refractivity contribution in [1.82, 2.24) is 19.4 Å². The summed E-state index contributed by atoms with van der Waals surface area (Å²) in [6.45, 7) is 4.89. The second-order valence-corrected chi connectivity index (χ2v) is 6.85. The first-order valence-electron chi connectivity index (χ1n) is 6.74. The average Bonchev–Trinajstić information content (AvgIpc) is 2.84. The van der Waals surface area contributed by atoms with Crippen LogP contribution in [0, 0.1) is 5.92 Å². The number of hydrogen-bond donors (Lipinski definition) is 1. The van der Waals surface area contributed by atoms with Crippen molar-refractivity contribution >= 4 is 10.0 Å². The van der Waals surface area contributed by atoms with Crippen molar-refractivity contribution in [2.24, 2.45) is 13.0 Å². The predicted molar refractivity (Wildman–Crippen MR) is 73.2 cm³/mol. The zero-order chi connectivity index (χ0) is 13.9. The van der Waals surface area contributed by atoms with Crippen LogP contribution in [0.1, 0.15) is 19.8 Å². The van der Waals surface area contributed by atoms with E-state index < -0.39 is 10.0 Å².